The first kappa shape index (κ1) is 17.2. The topological polar surface area (TPSA) is 111 Å². The molecule has 0 aliphatic rings. The van der Waals surface area contributed by atoms with E-state index in [9.17, 15) is 14.9 Å². The fourth-order valence-corrected chi connectivity index (χ4v) is 2.34. The maximum Gasteiger partial charge on any atom is 0.360 e. The van der Waals surface area contributed by atoms with E-state index in [2.05, 4.69) is 15.2 Å². The average molecular weight is 353 g/mol. The number of nitrogens with zero attached hydrogens (tertiary/aromatic N) is 5. The summed E-state index contributed by atoms with van der Waals surface area (Å²) < 4.78 is 6.64. The van der Waals surface area contributed by atoms with Gasteiger partial charge in [-0.15, -0.1) is 10.2 Å². The Morgan fingerprint density at radius 3 is 2.85 bits per heavy atom. The molecule has 0 atom stereocenters. The molecule has 0 saturated carbocycles. The molecule has 2 heterocycles. The van der Waals surface area contributed by atoms with Gasteiger partial charge >= 0.3 is 5.97 Å². The number of aromatic nitrogens is 2. The molecular weight excluding hydrogens is 338 g/mol. The van der Waals surface area contributed by atoms with E-state index < -0.39 is 10.9 Å². The van der Waals surface area contributed by atoms with Gasteiger partial charge in [-0.2, -0.15) is 0 Å². The molecular formula is C17H15N5O4. The molecule has 0 aliphatic carbocycles. The third-order valence-corrected chi connectivity index (χ3v) is 3.53. The minimum absolute atomic E-state index is 0.0339. The van der Waals surface area contributed by atoms with Crippen molar-refractivity contribution in [1.82, 2.24) is 9.38 Å². The summed E-state index contributed by atoms with van der Waals surface area (Å²) in [5.74, 6) is -0.410. The quantitative estimate of drug-likeness (QED) is 0.296. The van der Waals surface area contributed by atoms with Crippen LogP contribution in [0.5, 0.6) is 0 Å². The van der Waals surface area contributed by atoms with Crippen LogP contribution in [0.15, 0.2) is 52.8 Å². The number of rotatable bonds is 5. The van der Waals surface area contributed by atoms with Crippen molar-refractivity contribution < 1.29 is 14.5 Å². The van der Waals surface area contributed by atoms with Gasteiger partial charge in [-0.1, -0.05) is 6.07 Å². The molecule has 132 valence electrons. The highest BCUT2D eigenvalue weighted by molar-refractivity contribution is 5.93. The van der Waals surface area contributed by atoms with Crippen LogP contribution in [0.2, 0.25) is 0 Å². The Hall–Kier alpha value is -3.62. The smallest absolute Gasteiger partial charge is 0.360 e. The molecule has 2 aromatic heterocycles. The maximum atomic E-state index is 12.2. The lowest BCUT2D eigenvalue weighted by Gasteiger charge is -2.00. The van der Waals surface area contributed by atoms with Gasteiger partial charge in [0, 0.05) is 18.3 Å². The second-order valence-corrected chi connectivity index (χ2v) is 5.41. The van der Waals surface area contributed by atoms with E-state index in [1.807, 2.05) is 13.0 Å². The zero-order chi connectivity index (χ0) is 18.7. The van der Waals surface area contributed by atoms with Crippen molar-refractivity contribution in [3.05, 3.63) is 64.0 Å². The summed E-state index contributed by atoms with van der Waals surface area (Å²) in [5, 5.41) is 19.0. The van der Waals surface area contributed by atoms with Crippen LogP contribution in [0.4, 0.5) is 17.2 Å². The van der Waals surface area contributed by atoms with E-state index in [0.29, 0.717) is 5.65 Å². The Kier molecular flexibility index (Phi) is 4.70. The van der Waals surface area contributed by atoms with E-state index in [1.54, 1.807) is 29.7 Å². The molecule has 3 rings (SSSR count). The molecule has 26 heavy (non-hydrogen) atoms. The predicted molar refractivity (Wildman–Crippen MR) is 93.2 cm³/mol. The number of non-ortho nitro benzene ring substituents is 1. The molecule has 0 N–H and O–H groups in total. The molecule has 0 radical (unpaired) electrons. The minimum Gasteiger partial charge on any atom is -0.461 e. The summed E-state index contributed by atoms with van der Waals surface area (Å²) in [5.41, 5.74) is 1.73. The summed E-state index contributed by atoms with van der Waals surface area (Å²) in [6.45, 7) is 3.80. The SMILES string of the molecule is CCOC(=O)c1nc2cc(C)ccn2c1N=Nc1cccc([N+](=O)[O-])c1. The number of carbonyl (C=O) groups is 1. The molecule has 0 amide bonds. The molecule has 3 aromatic rings. The number of pyridine rings is 1. The number of ether oxygens (including phenoxy) is 1. The first-order valence-electron chi connectivity index (χ1n) is 7.81. The summed E-state index contributed by atoms with van der Waals surface area (Å²) >= 11 is 0. The Bertz CT molecular complexity index is 1030. The van der Waals surface area contributed by atoms with E-state index in [1.165, 1.54) is 18.2 Å². The van der Waals surface area contributed by atoms with Crippen molar-refractivity contribution in [3.63, 3.8) is 0 Å². The Labute approximate surface area is 148 Å². The van der Waals surface area contributed by atoms with Gasteiger partial charge in [0.05, 0.1) is 17.2 Å². The average Bonchev–Trinajstić information content (AvgIpc) is 2.98. The zero-order valence-electron chi connectivity index (χ0n) is 14.1. The van der Waals surface area contributed by atoms with Crippen molar-refractivity contribution in [2.24, 2.45) is 10.2 Å². The van der Waals surface area contributed by atoms with E-state index in [0.717, 1.165) is 5.56 Å². The van der Waals surface area contributed by atoms with Crippen LogP contribution in [0.1, 0.15) is 23.0 Å². The zero-order valence-corrected chi connectivity index (χ0v) is 14.1. The van der Waals surface area contributed by atoms with Gasteiger partial charge in [-0.25, -0.2) is 9.78 Å². The van der Waals surface area contributed by atoms with Crippen LogP contribution < -0.4 is 0 Å². The third-order valence-electron chi connectivity index (χ3n) is 3.53. The van der Waals surface area contributed by atoms with Gasteiger partial charge in [0.25, 0.3) is 5.69 Å². The van der Waals surface area contributed by atoms with Gasteiger partial charge in [0.15, 0.2) is 11.5 Å². The van der Waals surface area contributed by atoms with E-state index in [-0.39, 0.29) is 29.5 Å². The number of nitro benzene ring substituents is 1. The van der Waals surface area contributed by atoms with Crippen molar-refractivity contribution >= 4 is 28.8 Å². The second kappa shape index (κ2) is 7.09. The number of azo groups is 1. The number of nitro groups is 1. The number of carbonyl (C=O) groups excluding carboxylic acids is 1. The van der Waals surface area contributed by atoms with Crippen LogP contribution in [0.3, 0.4) is 0 Å². The monoisotopic (exact) mass is 353 g/mol. The first-order chi connectivity index (χ1) is 12.5. The van der Waals surface area contributed by atoms with Crippen LogP contribution >= 0.6 is 0 Å². The number of benzene rings is 1. The lowest BCUT2D eigenvalue weighted by atomic mass is 10.3. The van der Waals surface area contributed by atoms with Gasteiger partial charge in [0.2, 0.25) is 0 Å². The normalized spacial score (nSPS) is 11.2. The Balaban J connectivity index is 2.08. The van der Waals surface area contributed by atoms with Crippen molar-refractivity contribution in [1.29, 1.82) is 0 Å². The fourth-order valence-electron chi connectivity index (χ4n) is 2.34. The van der Waals surface area contributed by atoms with E-state index >= 15 is 0 Å². The highest BCUT2D eigenvalue weighted by Crippen LogP contribution is 2.26. The van der Waals surface area contributed by atoms with Crippen molar-refractivity contribution in [3.8, 4) is 0 Å². The third kappa shape index (κ3) is 3.41. The lowest BCUT2D eigenvalue weighted by Crippen LogP contribution is -2.05. The molecule has 9 heteroatoms. The first-order valence-corrected chi connectivity index (χ1v) is 7.81. The molecule has 0 spiro atoms. The van der Waals surface area contributed by atoms with Crippen LogP contribution in [-0.4, -0.2) is 26.9 Å². The number of imidazole rings is 1. The van der Waals surface area contributed by atoms with E-state index in [4.69, 9.17) is 4.74 Å². The highest BCUT2D eigenvalue weighted by Gasteiger charge is 2.20. The van der Waals surface area contributed by atoms with Gasteiger partial charge in [-0.3, -0.25) is 14.5 Å². The summed E-state index contributed by atoms with van der Waals surface area (Å²) in [6.07, 6.45) is 1.72. The number of esters is 1. The molecule has 0 saturated heterocycles. The van der Waals surface area contributed by atoms with Gasteiger partial charge in [0.1, 0.15) is 5.65 Å². The molecule has 0 unspecified atom stereocenters. The second-order valence-electron chi connectivity index (χ2n) is 5.41. The van der Waals surface area contributed by atoms with Gasteiger partial charge in [-0.05, 0) is 37.6 Å². The summed E-state index contributed by atoms with van der Waals surface area (Å²) in [7, 11) is 0. The standard InChI is InChI=1S/C17H15N5O4/c1-3-26-17(23)15-16(21-8-7-11(2)9-14(21)18-15)20-19-12-5-4-6-13(10-12)22(24)25/h4-10H,3H2,1-2H3. The number of fused-ring (bicyclic) bond motifs is 1. The summed E-state index contributed by atoms with van der Waals surface area (Å²) in [4.78, 5) is 26.8. The number of aryl methyl sites for hydroxylation is 1. The molecule has 0 fully saturated rings. The fraction of sp³-hybridized carbons (Fsp3) is 0.176. The Morgan fingerprint density at radius 2 is 2.12 bits per heavy atom. The molecule has 9 nitrogen and oxygen atoms in total. The van der Waals surface area contributed by atoms with Crippen LogP contribution in [0.25, 0.3) is 5.65 Å². The lowest BCUT2D eigenvalue weighted by molar-refractivity contribution is -0.384. The van der Waals surface area contributed by atoms with Crippen LogP contribution in [-0.2, 0) is 4.74 Å². The van der Waals surface area contributed by atoms with Crippen molar-refractivity contribution in [2.45, 2.75) is 13.8 Å². The van der Waals surface area contributed by atoms with Crippen LogP contribution in [0, 0.1) is 17.0 Å². The predicted octanol–water partition coefficient (Wildman–Crippen LogP) is 4.14. The summed E-state index contributed by atoms with van der Waals surface area (Å²) in [6, 6.07) is 9.39. The van der Waals surface area contributed by atoms with Gasteiger partial charge < -0.3 is 4.74 Å². The highest BCUT2D eigenvalue weighted by atomic mass is 16.6. The molecule has 0 aliphatic heterocycles. The molecule has 0 bridgehead atoms. The molecule has 1 aromatic carbocycles. The largest absolute Gasteiger partial charge is 0.461 e. The number of hydrogen-bond donors (Lipinski definition) is 0. The minimum atomic E-state index is -0.609. The maximum absolute atomic E-state index is 12.2. The van der Waals surface area contributed by atoms with Crippen molar-refractivity contribution in [2.75, 3.05) is 6.61 Å². The Morgan fingerprint density at radius 1 is 1.31 bits per heavy atom. The number of hydrogen-bond acceptors (Lipinski definition) is 7.